The van der Waals surface area contributed by atoms with Crippen LogP contribution in [0.5, 0.6) is 0 Å². The molecule has 0 spiro atoms. The predicted octanol–water partition coefficient (Wildman–Crippen LogP) is 2.03. The lowest BCUT2D eigenvalue weighted by molar-refractivity contribution is 0.0944. The van der Waals surface area contributed by atoms with Crippen LogP contribution in [0.3, 0.4) is 0 Å². The van der Waals surface area contributed by atoms with Crippen molar-refractivity contribution >= 4 is 5.91 Å². The van der Waals surface area contributed by atoms with E-state index in [1.54, 1.807) is 0 Å². The van der Waals surface area contributed by atoms with Crippen LogP contribution in [0, 0.1) is 19.8 Å². The Balaban J connectivity index is 1.90. The maximum absolute atomic E-state index is 12.1. The zero-order chi connectivity index (χ0) is 13.0. The van der Waals surface area contributed by atoms with Crippen LogP contribution in [0.1, 0.15) is 34.3 Å². The highest BCUT2D eigenvalue weighted by Crippen LogP contribution is 2.11. The Hall–Kier alpha value is -1.35. The summed E-state index contributed by atoms with van der Waals surface area (Å²) in [6.07, 6.45) is 2.42. The summed E-state index contributed by atoms with van der Waals surface area (Å²) in [5, 5.41) is 6.41. The van der Waals surface area contributed by atoms with Gasteiger partial charge in [0.2, 0.25) is 0 Å². The second-order valence-corrected chi connectivity index (χ2v) is 5.30. The van der Waals surface area contributed by atoms with Gasteiger partial charge in [-0.2, -0.15) is 0 Å². The first-order valence-electron chi connectivity index (χ1n) is 6.72. The highest BCUT2D eigenvalue weighted by Gasteiger charge is 2.14. The van der Waals surface area contributed by atoms with Gasteiger partial charge in [0.1, 0.15) is 0 Å². The molecule has 2 N–H and O–H groups in total. The average Bonchev–Trinajstić information content (AvgIpc) is 2.36. The van der Waals surface area contributed by atoms with Crippen LogP contribution in [-0.4, -0.2) is 25.5 Å². The maximum atomic E-state index is 12.1. The van der Waals surface area contributed by atoms with Gasteiger partial charge >= 0.3 is 0 Å². The number of hydrogen-bond donors (Lipinski definition) is 2. The lowest BCUT2D eigenvalue weighted by Crippen LogP contribution is -2.38. The van der Waals surface area contributed by atoms with E-state index in [2.05, 4.69) is 16.7 Å². The van der Waals surface area contributed by atoms with Crippen LogP contribution >= 0.6 is 0 Å². The molecule has 1 aliphatic rings. The first kappa shape index (κ1) is 13.1. The van der Waals surface area contributed by atoms with Gasteiger partial charge in [0, 0.05) is 12.1 Å². The van der Waals surface area contributed by atoms with Crippen LogP contribution in [-0.2, 0) is 0 Å². The first-order chi connectivity index (χ1) is 8.65. The summed E-state index contributed by atoms with van der Waals surface area (Å²) < 4.78 is 0. The summed E-state index contributed by atoms with van der Waals surface area (Å²) in [6.45, 7) is 6.96. The highest BCUT2D eigenvalue weighted by atomic mass is 16.1. The molecular weight excluding hydrogens is 224 g/mol. The first-order valence-corrected chi connectivity index (χ1v) is 6.72. The minimum atomic E-state index is 0.0485. The number of rotatable bonds is 3. The topological polar surface area (TPSA) is 41.1 Å². The van der Waals surface area contributed by atoms with Crippen molar-refractivity contribution in [1.82, 2.24) is 10.6 Å². The molecule has 98 valence electrons. The number of carbonyl (C=O) groups excluding carboxylic acids is 1. The van der Waals surface area contributed by atoms with Crippen LogP contribution in [0.15, 0.2) is 18.2 Å². The van der Waals surface area contributed by atoms with Crippen LogP contribution in [0.4, 0.5) is 0 Å². The van der Waals surface area contributed by atoms with E-state index in [0.717, 1.165) is 36.3 Å². The van der Waals surface area contributed by atoms with Gasteiger partial charge < -0.3 is 10.6 Å². The van der Waals surface area contributed by atoms with Gasteiger partial charge in [-0.15, -0.1) is 0 Å². The van der Waals surface area contributed by atoms with E-state index < -0.39 is 0 Å². The molecule has 0 bridgehead atoms. The molecule has 1 aliphatic heterocycles. The normalized spacial score (nSPS) is 19.6. The Morgan fingerprint density at radius 1 is 1.33 bits per heavy atom. The molecule has 2 rings (SSSR count). The van der Waals surface area contributed by atoms with Crippen molar-refractivity contribution in [3.63, 3.8) is 0 Å². The summed E-state index contributed by atoms with van der Waals surface area (Å²) >= 11 is 0. The van der Waals surface area contributed by atoms with Gasteiger partial charge in [0.15, 0.2) is 0 Å². The smallest absolute Gasteiger partial charge is 0.251 e. The average molecular weight is 246 g/mol. The van der Waals surface area contributed by atoms with Crippen molar-refractivity contribution in [1.29, 1.82) is 0 Å². The molecule has 3 heteroatoms. The van der Waals surface area contributed by atoms with E-state index in [-0.39, 0.29) is 5.91 Å². The van der Waals surface area contributed by atoms with E-state index in [0.29, 0.717) is 5.92 Å². The van der Waals surface area contributed by atoms with E-state index in [4.69, 9.17) is 0 Å². The molecule has 1 saturated heterocycles. The Kier molecular flexibility index (Phi) is 4.37. The van der Waals surface area contributed by atoms with Crippen LogP contribution in [0.25, 0.3) is 0 Å². The largest absolute Gasteiger partial charge is 0.352 e. The zero-order valence-electron chi connectivity index (χ0n) is 11.3. The third-order valence-electron chi connectivity index (χ3n) is 3.43. The number of carbonyl (C=O) groups is 1. The molecule has 1 unspecified atom stereocenters. The van der Waals surface area contributed by atoms with Gasteiger partial charge in [-0.1, -0.05) is 17.2 Å². The zero-order valence-corrected chi connectivity index (χ0v) is 11.3. The van der Waals surface area contributed by atoms with Crippen molar-refractivity contribution < 1.29 is 4.79 Å². The summed E-state index contributed by atoms with van der Waals surface area (Å²) in [5.41, 5.74) is 3.05. The number of amides is 1. The second kappa shape index (κ2) is 6.01. The molecule has 1 heterocycles. The molecular formula is C15H22N2O. The lowest BCUT2D eigenvalue weighted by atomic mass is 9.99. The molecule has 0 aliphatic carbocycles. The van der Waals surface area contributed by atoms with Gasteiger partial charge in [-0.25, -0.2) is 0 Å². The van der Waals surface area contributed by atoms with E-state index in [9.17, 15) is 4.79 Å². The Morgan fingerprint density at radius 2 is 2.06 bits per heavy atom. The highest BCUT2D eigenvalue weighted by molar-refractivity contribution is 5.94. The van der Waals surface area contributed by atoms with Crippen molar-refractivity contribution in [2.45, 2.75) is 26.7 Å². The number of benzene rings is 1. The molecule has 1 fully saturated rings. The fourth-order valence-electron chi connectivity index (χ4n) is 2.54. The third-order valence-corrected chi connectivity index (χ3v) is 3.43. The van der Waals surface area contributed by atoms with Crippen molar-refractivity contribution in [2.24, 2.45) is 5.92 Å². The Bertz CT molecular complexity index is 402. The van der Waals surface area contributed by atoms with Crippen molar-refractivity contribution in [3.05, 3.63) is 34.9 Å². The monoisotopic (exact) mass is 246 g/mol. The van der Waals surface area contributed by atoms with E-state index in [1.807, 2.05) is 26.0 Å². The molecule has 1 amide bonds. The quantitative estimate of drug-likeness (QED) is 0.857. The maximum Gasteiger partial charge on any atom is 0.251 e. The van der Waals surface area contributed by atoms with Crippen molar-refractivity contribution in [3.8, 4) is 0 Å². The summed E-state index contributed by atoms with van der Waals surface area (Å²) in [7, 11) is 0. The molecule has 18 heavy (non-hydrogen) atoms. The minimum absolute atomic E-state index is 0.0485. The molecule has 0 saturated carbocycles. The third kappa shape index (κ3) is 3.57. The summed E-state index contributed by atoms with van der Waals surface area (Å²) in [4.78, 5) is 12.1. The number of aryl methyl sites for hydroxylation is 2. The Morgan fingerprint density at radius 3 is 2.67 bits per heavy atom. The van der Waals surface area contributed by atoms with E-state index in [1.165, 1.54) is 12.8 Å². The van der Waals surface area contributed by atoms with Gasteiger partial charge in [0.25, 0.3) is 5.91 Å². The molecule has 0 aromatic heterocycles. The van der Waals surface area contributed by atoms with Gasteiger partial charge in [-0.3, -0.25) is 4.79 Å². The molecule has 3 nitrogen and oxygen atoms in total. The fraction of sp³-hybridized carbons (Fsp3) is 0.533. The predicted molar refractivity (Wildman–Crippen MR) is 73.8 cm³/mol. The summed E-state index contributed by atoms with van der Waals surface area (Å²) in [6, 6.07) is 5.98. The molecule has 1 aromatic carbocycles. The number of piperidine rings is 1. The van der Waals surface area contributed by atoms with Gasteiger partial charge in [0.05, 0.1) is 0 Å². The Labute approximate surface area is 109 Å². The van der Waals surface area contributed by atoms with Crippen LogP contribution in [0.2, 0.25) is 0 Å². The molecule has 1 atom stereocenters. The standard InChI is InChI=1S/C15H22N2O/c1-11-6-12(2)8-14(7-11)15(18)17-10-13-4-3-5-16-9-13/h6-8,13,16H,3-5,9-10H2,1-2H3,(H,17,18). The fourth-order valence-corrected chi connectivity index (χ4v) is 2.54. The minimum Gasteiger partial charge on any atom is -0.352 e. The lowest BCUT2D eigenvalue weighted by Gasteiger charge is -2.22. The summed E-state index contributed by atoms with van der Waals surface area (Å²) in [5.74, 6) is 0.626. The SMILES string of the molecule is Cc1cc(C)cc(C(=O)NCC2CCCNC2)c1. The van der Waals surface area contributed by atoms with Gasteiger partial charge in [-0.05, 0) is 57.8 Å². The molecule has 1 aromatic rings. The molecule has 0 radical (unpaired) electrons. The van der Waals surface area contributed by atoms with Crippen molar-refractivity contribution in [2.75, 3.05) is 19.6 Å². The van der Waals surface area contributed by atoms with E-state index >= 15 is 0 Å². The van der Waals surface area contributed by atoms with Crippen LogP contribution < -0.4 is 10.6 Å². The number of hydrogen-bond acceptors (Lipinski definition) is 2. The number of nitrogens with one attached hydrogen (secondary N) is 2. The second-order valence-electron chi connectivity index (χ2n) is 5.30.